The molecule has 4 nitrogen and oxygen atoms in total. The molecule has 2 N–H and O–H groups in total. The van der Waals surface area contributed by atoms with Gasteiger partial charge in [0.15, 0.2) is 9.84 Å². The van der Waals surface area contributed by atoms with Crippen LogP contribution in [0.2, 0.25) is 0 Å². The van der Waals surface area contributed by atoms with Crippen molar-refractivity contribution in [1.82, 2.24) is 0 Å². The van der Waals surface area contributed by atoms with E-state index in [-0.39, 0.29) is 11.4 Å². The third kappa shape index (κ3) is 3.22. The Hall–Kier alpha value is -1.92. The Morgan fingerprint density at radius 3 is 2.14 bits per heavy atom. The van der Waals surface area contributed by atoms with E-state index in [2.05, 4.69) is 0 Å². The molecular weight excluding hydrogens is 293 g/mol. The number of halogens is 1. The molecule has 21 heavy (non-hydrogen) atoms. The normalized spacial score (nSPS) is 12.9. The summed E-state index contributed by atoms with van der Waals surface area (Å²) in [5.41, 5.74) is 6.09. The molecule has 0 unspecified atom stereocenters. The highest BCUT2D eigenvalue weighted by molar-refractivity contribution is 7.91. The molecule has 1 atom stereocenters. The third-order valence-corrected chi connectivity index (χ3v) is 5.36. The lowest BCUT2D eigenvalue weighted by Gasteiger charge is -2.16. The highest BCUT2D eigenvalue weighted by atomic mass is 32.2. The van der Waals surface area contributed by atoms with Crippen LogP contribution >= 0.6 is 0 Å². The Bertz CT molecular complexity index is 697. The van der Waals surface area contributed by atoms with Gasteiger partial charge in [0.05, 0.1) is 12.0 Å². The van der Waals surface area contributed by atoms with Crippen LogP contribution in [0.5, 0.6) is 5.75 Å². The first-order valence-corrected chi connectivity index (χ1v) is 7.87. The van der Waals surface area contributed by atoms with Crippen LogP contribution in [0.3, 0.4) is 0 Å². The predicted octanol–water partition coefficient (Wildman–Crippen LogP) is 2.31. The first-order valence-electron chi connectivity index (χ1n) is 6.32. The highest BCUT2D eigenvalue weighted by Crippen LogP contribution is 2.29. The van der Waals surface area contributed by atoms with Crippen molar-refractivity contribution >= 4 is 9.84 Å². The average Bonchev–Trinajstić information content (AvgIpc) is 2.50. The van der Waals surface area contributed by atoms with Gasteiger partial charge in [-0.1, -0.05) is 12.1 Å². The standard InChI is InChI=1S/C15H16FNO3S/c1-20-13-6-8-14(9-7-13)21(18,19)15(10-17)11-2-4-12(16)5-3-11/h2-9,15H,10,17H2,1H3/t15-/m1/s1. The smallest absolute Gasteiger partial charge is 0.186 e. The third-order valence-electron chi connectivity index (χ3n) is 3.22. The second-order valence-corrected chi connectivity index (χ2v) is 6.63. The van der Waals surface area contributed by atoms with E-state index in [0.717, 1.165) is 0 Å². The topological polar surface area (TPSA) is 69.4 Å². The number of hydrogen-bond donors (Lipinski definition) is 1. The Labute approximate surface area is 123 Å². The van der Waals surface area contributed by atoms with Gasteiger partial charge in [-0.2, -0.15) is 0 Å². The lowest BCUT2D eigenvalue weighted by Crippen LogP contribution is -2.22. The maximum atomic E-state index is 13.0. The Morgan fingerprint density at radius 2 is 1.67 bits per heavy atom. The molecule has 0 spiro atoms. The summed E-state index contributed by atoms with van der Waals surface area (Å²) in [4.78, 5) is 0.156. The van der Waals surface area contributed by atoms with Gasteiger partial charge < -0.3 is 10.5 Å². The molecule has 0 aliphatic carbocycles. The Balaban J connectivity index is 2.41. The molecule has 6 heteroatoms. The lowest BCUT2D eigenvalue weighted by atomic mass is 10.1. The van der Waals surface area contributed by atoms with Crippen molar-refractivity contribution in [2.75, 3.05) is 13.7 Å². The van der Waals surface area contributed by atoms with Gasteiger partial charge in [-0.15, -0.1) is 0 Å². The van der Waals surface area contributed by atoms with E-state index < -0.39 is 20.9 Å². The zero-order chi connectivity index (χ0) is 15.5. The molecule has 0 bridgehead atoms. The van der Waals surface area contributed by atoms with Crippen molar-refractivity contribution in [2.24, 2.45) is 5.73 Å². The van der Waals surface area contributed by atoms with Gasteiger partial charge in [-0.25, -0.2) is 12.8 Å². The molecule has 0 aliphatic heterocycles. The fourth-order valence-corrected chi connectivity index (χ4v) is 3.66. The molecule has 0 saturated carbocycles. The highest BCUT2D eigenvalue weighted by Gasteiger charge is 2.27. The van der Waals surface area contributed by atoms with Crippen molar-refractivity contribution in [3.05, 3.63) is 59.9 Å². The minimum Gasteiger partial charge on any atom is -0.497 e. The van der Waals surface area contributed by atoms with Crippen LogP contribution in [0.1, 0.15) is 10.8 Å². The molecule has 2 aromatic rings. The van der Waals surface area contributed by atoms with Crippen LogP contribution in [0.15, 0.2) is 53.4 Å². The van der Waals surface area contributed by atoms with Gasteiger partial charge in [0.1, 0.15) is 16.8 Å². The minimum absolute atomic E-state index is 0.0833. The van der Waals surface area contributed by atoms with E-state index in [4.69, 9.17) is 10.5 Å². The fraction of sp³-hybridized carbons (Fsp3) is 0.200. The molecule has 0 heterocycles. The SMILES string of the molecule is COc1ccc(S(=O)(=O)[C@H](CN)c2ccc(F)cc2)cc1. The molecule has 0 aliphatic rings. The summed E-state index contributed by atoms with van der Waals surface area (Å²) in [6.07, 6.45) is 0. The van der Waals surface area contributed by atoms with Crippen LogP contribution < -0.4 is 10.5 Å². The number of benzene rings is 2. The predicted molar refractivity (Wildman–Crippen MR) is 78.4 cm³/mol. The molecular formula is C15H16FNO3S. The quantitative estimate of drug-likeness (QED) is 0.920. The molecule has 0 radical (unpaired) electrons. The number of methoxy groups -OCH3 is 1. The maximum absolute atomic E-state index is 13.0. The number of hydrogen-bond acceptors (Lipinski definition) is 4. The Morgan fingerprint density at radius 1 is 1.10 bits per heavy atom. The van der Waals surface area contributed by atoms with E-state index in [9.17, 15) is 12.8 Å². The van der Waals surface area contributed by atoms with E-state index in [1.165, 1.54) is 43.5 Å². The summed E-state index contributed by atoms with van der Waals surface area (Å²) >= 11 is 0. The molecule has 0 fully saturated rings. The van der Waals surface area contributed by atoms with Crippen molar-refractivity contribution < 1.29 is 17.5 Å². The van der Waals surface area contributed by atoms with Gasteiger partial charge in [0, 0.05) is 6.54 Å². The zero-order valence-corrected chi connectivity index (χ0v) is 12.3. The van der Waals surface area contributed by atoms with Crippen LogP contribution in [0.25, 0.3) is 0 Å². The molecule has 0 aromatic heterocycles. The van der Waals surface area contributed by atoms with Crippen LogP contribution in [-0.4, -0.2) is 22.1 Å². The monoisotopic (exact) mass is 309 g/mol. The van der Waals surface area contributed by atoms with Crippen molar-refractivity contribution in [3.8, 4) is 5.75 Å². The number of sulfone groups is 1. The van der Waals surface area contributed by atoms with Gasteiger partial charge in [0.2, 0.25) is 0 Å². The minimum atomic E-state index is -3.65. The largest absolute Gasteiger partial charge is 0.497 e. The van der Waals surface area contributed by atoms with Crippen molar-refractivity contribution in [2.45, 2.75) is 10.1 Å². The lowest BCUT2D eigenvalue weighted by molar-refractivity contribution is 0.414. The first-order chi connectivity index (χ1) is 9.98. The second-order valence-electron chi connectivity index (χ2n) is 4.50. The summed E-state index contributed by atoms with van der Waals surface area (Å²) in [6, 6.07) is 11.4. The zero-order valence-electron chi connectivity index (χ0n) is 11.5. The Kier molecular flexibility index (Phi) is 4.59. The first kappa shape index (κ1) is 15.5. The average molecular weight is 309 g/mol. The van der Waals surface area contributed by atoms with Gasteiger partial charge >= 0.3 is 0 Å². The number of nitrogens with two attached hydrogens (primary N) is 1. The van der Waals surface area contributed by atoms with E-state index in [1.54, 1.807) is 12.1 Å². The summed E-state index contributed by atoms with van der Waals surface area (Å²) in [5, 5.41) is -0.911. The van der Waals surface area contributed by atoms with Gasteiger partial charge in [-0.05, 0) is 42.0 Å². The fourth-order valence-electron chi connectivity index (χ4n) is 2.05. The van der Waals surface area contributed by atoms with E-state index >= 15 is 0 Å². The van der Waals surface area contributed by atoms with Gasteiger partial charge in [-0.3, -0.25) is 0 Å². The molecule has 112 valence electrons. The molecule has 0 amide bonds. The van der Waals surface area contributed by atoms with Crippen molar-refractivity contribution in [3.63, 3.8) is 0 Å². The summed E-state index contributed by atoms with van der Waals surface area (Å²) in [5.74, 6) is 0.149. The summed E-state index contributed by atoms with van der Waals surface area (Å²) < 4.78 is 43.2. The number of rotatable bonds is 5. The maximum Gasteiger partial charge on any atom is 0.186 e. The van der Waals surface area contributed by atoms with Crippen molar-refractivity contribution in [1.29, 1.82) is 0 Å². The second kappa shape index (κ2) is 6.24. The van der Waals surface area contributed by atoms with Gasteiger partial charge in [0.25, 0.3) is 0 Å². The van der Waals surface area contributed by atoms with Crippen LogP contribution in [-0.2, 0) is 9.84 Å². The summed E-state index contributed by atoms with van der Waals surface area (Å²) in [7, 11) is -2.14. The number of ether oxygens (including phenoxy) is 1. The van der Waals surface area contributed by atoms with E-state index in [1.807, 2.05) is 0 Å². The molecule has 2 aromatic carbocycles. The van der Waals surface area contributed by atoms with E-state index in [0.29, 0.717) is 11.3 Å². The molecule has 0 saturated heterocycles. The van der Waals surface area contributed by atoms with Crippen LogP contribution in [0.4, 0.5) is 4.39 Å². The van der Waals surface area contributed by atoms with Crippen LogP contribution in [0, 0.1) is 5.82 Å². The molecule has 2 rings (SSSR count). The summed E-state index contributed by atoms with van der Waals surface area (Å²) in [6.45, 7) is -0.0833.